The number of benzene rings is 2. The summed E-state index contributed by atoms with van der Waals surface area (Å²) in [5, 5.41) is 18.6. The molecule has 9 heteroatoms. The van der Waals surface area contributed by atoms with Crippen molar-refractivity contribution in [3.8, 4) is 0 Å². The maximum Gasteiger partial charge on any atom is 0.348 e. The van der Waals surface area contributed by atoms with Crippen LogP contribution in [0.5, 0.6) is 0 Å². The van der Waals surface area contributed by atoms with Crippen molar-refractivity contribution in [3.63, 3.8) is 0 Å². The van der Waals surface area contributed by atoms with Gasteiger partial charge in [0.1, 0.15) is 12.3 Å². The zero-order valence-corrected chi connectivity index (χ0v) is 22.2. The molecule has 3 saturated heterocycles. The molecule has 1 atom stereocenters. The number of nitrogens with one attached hydrogen (secondary N) is 1. The largest absolute Gasteiger partial charge is 1.00 e. The quantitative estimate of drug-likeness (QED) is 0.330. The molecule has 1 aliphatic carbocycles. The van der Waals surface area contributed by atoms with E-state index < -0.39 is 11.6 Å². The summed E-state index contributed by atoms with van der Waals surface area (Å²) >= 11 is 0. The fraction of sp³-hybridized carbons (Fsp3) is 0.393. The number of aliphatic hydroxyl groups is 1. The van der Waals surface area contributed by atoms with Crippen LogP contribution in [0.4, 0.5) is 5.82 Å². The summed E-state index contributed by atoms with van der Waals surface area (Å²) in [6.07, 6.45) is 2.06. The molecule has 2 aromatic carbocycles. The van der Waals surface area contributed by atoms with E-state index in [2.05, 4.69) is 10.5 Å². The number of aromatic nitrogens is 1. The molecule has 2 bridgehead atoms. The number of aryl methyl sites for hydroxylation is 1. The molecule has 2 N–H and O–H groups in total. The van der Waals surface area contributed by atoms with Crippen molar-refractivity contribution in [2.24, 2.45) is 5.92 Å². The first kappa shape index (κ1) is 25.6. The van der Waals surface area contributed by atoms with Crippen molar-refractivity contribution in [2.75, 3.05) is 31.5 Å². The predicted octanol–water partition coefficient (Wildman–Crippen LogP) is -0.0820. The Hall–Kier alpha value is -3.01. The molecule has 7 rings (SSSR count). The Bertz CT molecular complexity index is 1290. The Balaban J connectivity index is 0.00000280. The van der Waals surface area contributed by atoms with Crippen LogP contribution in [0.25, 0.3) is 0 Å². The monoisotopic (exact) mass is 567 g/mol. The molecule has 0 radical (unpaired) electrons. The van der Waals surface area contributed by atoms with E-state index in [1.54, 1.807) is 13.0 Å². The van der Waals surface area contributed by atoms with Gasteiger partial charge >= 0.3 is 5.97 Å². The van der Waals surface area contributed by atoms with Crippen molar-refractivity contribution >= 4 is 17.7 Å². The summed E-state index contributed by atoms with van der Waals surface area (Å²) in [5.74, 6) is 0.492. The van der Waals surface area contributed by atoms with Gasteiger partial charge in [-0.2, -0.15) is 0 Å². The Morgan fingerprint density at radius 1 is 1.11 bits per heavy atom. The number of hydrogen-bond donors (Lipinski definition) is 2. The number of carbonyl (C=O) groups excluding carboxylic acids is 2. The van der Waals surface area contributed by atoms with E-state index >= 15 is 0 Å². The number of hydrogen-bond acceptors (Lipinski definition) is 6. The average molecular weight is 568 g/mol. The zero-order valence-electron chi connectivity index (χ0n) is 20.7. The summed E-state index contributed by atoms with van der Waals surface area (Å²) in [6.45, 7) is 4.33. The van der Waals surface area contributed by atoms with Crippen LogP contribution in [-0.4, -0.2) is 58.9 Å². The van der Waals surface area contributed by atoms with E-state index in [4.69, 9.17) is 9.26 Å². The summed E-state index contributed by atoms with van der Waals surface area (Å²) in [7, 11) is 0. The number of piperidine rings is 3. The number of amides is 1. The first-order chi connectivity index (χ1) is 17.4. The van der Waals surface area contributed by atoms with Crippen LogP contribution in [-0.2, 0) is 26.3 Å². The molecule has 3 aliphatic heterocycles. The highest BCUT2D eigenvalue weighted by Gasteiger charge is 2.52. The number of carbonyl (C=O) groups is 2. The van der Waals surface area contributed by atoms with Crippen LogP contribution in [0, 0.1) is 12.8 Å². The maximum atomic E-state index is 13.8. The lowest BCUT2D eigenvalue weighted by Crippen LogP contribution is -3.00. The third-order valence-corrected chi connectivity index (χ3v) is 8.16. The van der Waals surface area contributed by atoms with E-state index in [0.717, 1.165) is 37.1 Å². The molecule has 4 aliphatic rings. The van der Waals surface area contributed by atoms with Crippen LogP contribution in [0.3, 0.4) is 0 Å². The minimum absolute atomic E-state index is 0. The topological polar surface area (TPSA) is 102 Å². The van der Waals surface area contributed by atoms with E-state index in [9.17, 15) is 14.7 Å². The summed E-state index contributed by atoms with van der Waals surface area (Å²) in [6, 6.07) is 16.7. The van der Waals surface area contributed by atoms with Crippen molar-refractivity contribution in [3.05, 3.63) is 82.6 Å². The molecular weight excluding hydrogens is 538 g/mol. The summed E-state index contributed by atoms with van der Waals surface area (Å²) in [5.41, 5.74) is 1.16. The summed E-state index contributed by atoms with van der Waals surface area (Å²) < 4.78 is 11.7. The molecule has 8 nitrogen and oxygen atoms in total. The number of quaternary nitrogens is 1. The minimum Gasteiger partial charge on any atom is -1.00 e. The molecule has 3 aromatic rings. The van der Waals surface area contributed by atoms with Gasteiger partial charge in [-0.25, -0.2) is 4.79 Å². The third kappa shape index (κ3) is 4.49. The normalized spacial score (nSPS) is 24.8. The number of ether oxygens (including phenoxy) is 1. The van der Waals surface area contributed by atoms with Gasteiger partial charge < -0.3 is 41.1 Å². The highest BCUT2D eigenvalue weighted by atomic mass is 79.9. The van der Waals surface area contributed by atoms with Gasteiger partial charge in [-0.05, 0) is 24.5 Å². The van der Waals surface area contributed by atoms with Gasteiger partial charge in [-0.15, -0.1) is 0 Å². The van der Waals surface area contributed by atoms with Gasteiger partial charge in [-0.1, -0.05) is 53.7 Å². The van der Waals surface area contributed by atoms with Crippen LogP contribution in [0.2, 0.25) is 0 Å². The smallest absolute Gasteiger partial charge is 0.348 e. The Labute approximate surface area is 226 Å². The Morgan fingerprint density at radius 2 is 1.73 bits per heavy atom. The number of halogens is 1. The van der Waals surface area contributed by atoms with E-state index in [1.165, 1.54) is 0 Å². The van der Waals surface area contributed by atoms with E-state index in [0.29, 0.717) is 40.2 Å². The number of nitrogens with zero attached hydrogens (tertiary/aromatic N) is 2. The standard InChI is InChI=1S/C28H29N3O5.BrH/c1-18-14-25(30-36-18)29-26(32)17-31-12-10-19(11-13-31)24(16-31)35-27(33)28(34)22-8-4-2-6-20(22)15-21-7-3-5-9-23(21)28;/h2-9,14,19,24,34H,10-13,15-17H2,1H3;1H/t19?,24-,31?;/m0./s1. The van der Waals surface area contributed by atoms with Crippen molar-refractivity contribution in [1.29, 1.82) is 0 Å². The van der Waals surface area contributed by atoms with Crippen LogP contribution in [0.15, 0.2) is 59.1 Å². The lowest BCUT2D eigenvalue weighted by atomic mass is 9.74. The molecule has 194 valence electrons. The highest BCUT2D eigenvalue weighted by molar-refractivity contribution is 5.90. The van der Waals surface area contributed by atoms with Crippen LogP contribution < -0.4 is 22.3 Å². The average Bonchev–Trinajstić information content (AvgIpc) is 3.28. The number of rotatable bonds is 5. The first-order valence-electron chi connectivity index (χ1n) is 12.5. The first-order valence-corrected chi connectivity index (χ1v) is 12.5. The molecule has 1 amide bonds. The van der Waals surface area contributed by atoms with Gasteiger partial charge in [0.2, 0.25) is 5.60 Å². The van der Waals surface area contributed by atoms with E-state index in [-0.39, 0.29) is 41.5 Å². The lowest BCUT2D eigenvalue weighted by molar-refractivity contribution is -0.939. The second kappa shape index (κ2) is 9.70. The van der Waals surface area contributed by atoms with Crippen molar-refractivity contribution < 1.29 is 45.4 Å². The molecular formula is C28H30BrN3O5. The summed E-state index contributed by atoms with van der Waals surface area (Å²) in [4.78, 5) is 26.6. The van der Waals surface area contributed by atoms with Crippen LogP contribution in [0.1, 0.15) is 40.9 Å². The predicted molar refractivity (Wildman–Crippen MR) is 131 cm³/mol. The van der Waals surface area contributed by atoms with Gasteiger partial charge in [0, 0.05) is 36.0 Å². The Morgan fingerprint density at radius 3 is 2.32 bits per heavy atom. The minimum atomic E-state index is -1.86. The van der Waals surface area contributed by atoms with Crippen LogP contribution >= 0.6 is 0 Å². The fourth-order valence-electron chi connectivity index (χ4n) is 6.34. The highest BCUT2D eigenvalue weighted by Crippen LogP contribution is 2.42. The molecule has 0 saturated carbocycles. The van der Waals surface area contributed by atoms with Gasteiger partial charge in [-0.3, -0.25) is 4.79 Å². The van der Waals surface area contributed by atoms with Crippen molar-refractivity contribution in [1.82, 2.24) is 5.16 Å². The lowest BCUT2D eigenvalue weighted by Gasteiger charge is -2.51. The SMILES string of the molecule is Cc1cc(NC(=O)C[N+]23CCC(CC2)[C@@H](OC(=O)C2(O)c4ccccc4Cc4ccccc42)C3)no1.[Br-]. The number of esters is 1. The maximum absolute atomic E-state index is 13.8. The van der Waals surface area contributed by atoms with Gasteiger partial charge in [0.25, 0.3) is 5.91 Å². The zero-order chi connectivity index (χ0) is 24.9. The second-order valence-electron chi connectivity index (χ2n) is 10.5. The van der Waals surface area contributed by atoms with Gasteiger partial charge in [0.15, 0.2) is 18.5 Å². The number of fused-ring (bicyclic) bond motifs is 5. The van der Waals surface area contributed by atoms with Gasteiger partial charge in [0.05, 0.1) is 13.1 Å². The van der Waals surface area contributed by atoms with E-state index in [1.807, 2.05) is 48.5 Å². The third-order valence-electron chi connectivity index (χ3n) is 8.16. The molecule has 0 spiro atoms. The number of anilines is 1. The molecule has 3 fully saturated rings. The molecule has 0 unspecified atom stereocenters. The second-order valence-corrected chi connectivity index (χ2v) is 10.5. The molecule has 37 heavy (non-hydrogen) atoms. The molecule has 1 aromatic heterocycles. The fourth-order valence-corrected chi connectivity index (χ4v) is 6.34. The Kier molecular flexibility index (Phi) is 6.72. The molecule has 4 heterocycles. The van der Waals surface area contributed by atoms with Crippen molar-refractivity contribution in [2.45, 2.75) is 37.9 Å².